The molecular formula is C27H33N7O. The Labute approximate surface area is 205 Å². The van der Waals surface area contributed by atoms with Crippen molar-refractivity contribution in [1.29, 1.82) is 0 Å². The molecule has 1 fully saturated rings. The van der Waals surface area contributed by atoms with Gasteiger partial charge in [-0.15, -0.1) is 10.2 Å². The SMILES string of the molecule is CNC(=O)CN1CCCC(c2nnc(-c3ccc4[nH]c(-c5ccnc(C)c5)c(C(C)C)c4c3)[nH]2)C1. The summed E-state index contributed by atoms with van der Waals surface area (Å²) in [5.41, 5.74) is 6.73. The number of H-pyrrole nitrogens is 2. The van der Waals surface area contributed by atoms with Crippen LogP contribution in [0.5, 0.6) is 0 Å². The number of benzene rings is 1. The lowest BCUT2D eigenvalue weighted by atomic mass is 9.95. The average molecular weight is 472 g/mol. The molecule has 35 heavy (non-hydrogen) atoms. The summed E-state index contributed by atoms with van der Waals surface area (Å²) in [7, 11) is 1.68. The lowest BCUT2D eigenvalue weighted by Crippen LogP contribution is -2.41. The van der Waals surface area contributed by atoms with Crippen molar-refractivity contribution in [2.24, 2.45) is 0 Å². The highest BCUT2D eigenvalue weighted by Gasteiger charge is 2.25. The van der Waals surface area contributed by atoms with Gasteiger partial charge in [0.2, 0.25) is 5.91 Å². The third-order valence-electron chi connectivity index (χ3n) is 6.92. The normalized spacial score (nSPS) is 16.8. The van der Waals surface area contributed by atoms with Gasteiger partial charge in [0.1, 0.15) is 5.82 Å². The zero-order valence-electron chi connectivity index (χ0n) is 20.9. The van der Waals surface area contributed by atoms with Crippen molar-refractivity contribution >= 4 is 16.8 Å². The maximum Gasteiger partial charge on any atom is 0.233 e. The number of likely N-dealkylation sites (N-methyl/N-ethyl adjacent to an activating group) is 1. The fraction of sp³-hybridized carbons (Fsp3) is 0.407. The van der Waals surface area contributed by atoms with Gasteiger partial charge in [0, 0.05) is 53.4 Å². The highest BCUT2D eigenvalue weighted by Crippen LogP contribution is 2.37. The van der Waals surface area contributed by atoms with Crippen LogP contribution in [0.3, 0.4) is 0 Å². The first-order valence-electron chi connectivity index (χ1n) is 12.4. The van der Waals surface area contributed by atoms with Crippen LogP contribution in [-0.2, 0) is 4.79 Å². The molecule has 8 nitrogen and oxygen atoms in total. The summed E-state index contributed by atoms with van der Waals surface area (Å²) in [5, 5.41) is 12.9. The van der Waals surface area contributed by atoms with Crippen LogP contribution in [0.1, 0.15) is 55.6 Å². The summed E-state index contributed by atoms with van der Waals surface area (Å²) in [6, 6.07) is 10.6. The standard InChI is InChI=1S/C27H33N7O/c1-16(2)24-21-13-19(7-8-22(21)30-25(24)18-9-10-29-17(3)12-18)26-31-27(33-32-26)20-6-5-11-34(14-20)15-23(35)28-4/h7-10,12-13,16,20,30H,5-6,11,14-15H2,1-4H3,(H,28,35)(H,31,32,33). The molecule has 5 rings (SSSR count). The van der Waals surface area contributed by atoms with Crippen molar-refractivity contribution in [2.45, 2.75) is 45.4 Å². The molecule has 1 aromatic carbocycles. The van der Waals surface area contributed by atoms with Gasteiger partial charge in [0.25, 0.3) is 0 Å². The second-order valence-corrected chi connectivity index (χ2v) is 9.82. The monoisotopic (exact) mass is 471 g/mol. The quantitative estimate of drug-likeness (QED) is 0.387. The second-order valence-electron chi connectivity index (χ2n) is 9.82. The number of rotatable bonds is 6. The van der Waals surface area contributed by atoms with Crippen LogP contribution in [0.4, 0.5) is 0 Å². The lowest BCUT2D eigenvalue weighted by Gasteiger charge is -2.30. The molecule has 182 valence electrons. The Morgan fingerprint density at radius 1 is 1.17 bits per heavy atom. The number of carbonyl (C=O) groups is 1. The minimum absolute atomic E-state index is 0.0472. The molecule has 4 heterocycles. The molecule has 3 N–H and O–H groups in total. The number of amides is 1. The number of fused-ring (bicyclic) bond motifs is 1. The number of aromatic amines is 2. The van der Waals surface area contributed by atoms with Crippen LogP contribution >= 0.6 is 0 Å². The maximum atomic E-state index is 11.8. The Hall–Kier alpha value is -3.52. The van der Waals surface area contributed by atoms with E-state index in [2.05, 4.69) is 79.5 Å². The van der Waals surface area contributed by atoms with E-state index >= 15 is 0 Å². The highest BCUT2D eigenvalue weighted by atomic mass is 16.1. The molecule has 0 saturated carbocycles. The van der Waals surface area contributed by atoms with E-state index in [0.29, 0.717) is 12.5 Å². The number of nitrogens with zero attached hydrogens (tertiary/aromatic N) is 4. The summed E-state index contributed by atoms with van der Waals surface area (Å²) in [6.45, 7) is 8.65. The van der Waals surface area contributed by atoms with Crippen LogP contribution in [0.15, 0.2) is 36.5 Å². The predicted molar refractivity (Wildman–Crippen MR) is 138 cm³/mol. The fourth-order valence-corrected chi connectivity index (χ4v) is 5.18. The fourth-order valence-electron chi connectivity index (χ4n) is 5.18. The van der Waals surface area contributed by atoms with Gasteiger partial charge in [0.15, 0.2) is 5.82 Å². The van der Waals surface area contributed by atoms with Crippen molar-refractivity contribution in [1.82, 2.24) is 35.4 Å². The summed E-state index contributed by atoms with van der Waals surface area (Å²) < 4.78 is 0. The number of pyridine rings is 1. The second kappa shape index (κ2) is 9.62. The van der Waals surface area contributed by atoms with Crippen molar-refractivity contribution in [3.63, 3.8) is 0 Å². The molecule has 1 unspecified atom stereocenters. The number of piperidine rings is 1. The molecule has 1 amide bonds. The molecule has 0 bridgehead atoms. The number of nitrogens with one attached hydrogen (secondary N) is 3. The first-order valence-corrected chi connectivity index (χ1v) is 12.4. The number of carbonyl (C=O) groups excluding carboxylic acids is 1. The van der Waals surface area contributed by atoms with Gasteiger partial charge in [-0.3, -0.25) is 14.7 Å². The average Bonchev–Trinajstić information content (AvgIpc) is 3.49. The number of hydrogen-bond acceptors (Lipinski definition) is 5. The highest BCUT2D eigenvalue weighted by molar-refractivity contribution is 5.93. The first kappa shape index (κ1) is 23.2. The van der Waals surface area contributed by atoms with Crippen LogP contribution in [0.2, 0.25) is 0 Å². The summed E-state index contributed by atoms with van der Waals surface area (Å²) in [5.74, 6) is 2.32. The molecule has 0 aliphatic carbocycles. The van der Waals surface area contributed by atoms with Crippen LogP contribution < -0.4 is 5.32 Å². The van der Waals surface area contributed by atoms with E-state index in [1.807, 2.05) is 13.1 Å². The largest absolute Gasteiger partial charge is 0.358 e. The van der Waals surface area contributed by atoms with Crippen molar-refractivity contribution < 1.29 is 4.79 Å². The first-order chi connectivity index (χ1) is 16.9. The van der Waals surface area contributed by atoms with Crippen LogP contribution in [0, 0.1) is 6.92 Å². The minimum Gasteiger partial charge on any atom is -0.358 e. The van der Waals surface area contributed by atoms with Gasteiger partial charge >= 0.3 is 0 Å². The Balaban J connectivity index is 1.45. The molecule has 1 atom stereocenters. The molecule has 1 aliphatic rings. The van der Waals surface area contributed by atoms with E-state index in [1.54, 1.807) is 7.05 Å². The molecule has 3 aromatic heterocycles. The van der Waals surface area contributed by atoms with Gasteiger partial charge in [-0.05, 0) is 68.1 Å². The topological polar surface area (TPSA) is 103 Å². The van der Waals surface area contributed by atoms with Crippen molar-refractivity contribution in [2.75, 3.05) is 26.7 Å². The third-order valence-corrected chi connectivity index (χ3v) is 6.92. The molecule has 1 aliphatic heterocycles. The van der Waals surface area contributed by atoms with Gasteiger partial charge in [-0.25, -0.2) is 0 Å². The summed E-state index contributed by atoms with van der Waals surface area (Å²) >= 11 is 0. The molecular weight excluding hydrogens is 438 g/mol. The van der Waals surface area contributed by atoms with E-state index in [-0.39, 0.29) is 11.8 Å². The predicted octanol–water partition coefficient (Wildman–Crippen LogP) is 4.37. The number of likely N-dealkylation sites (tertiary alicyclic amines) is 1. The molecule has 0 spiro atoms. The molecule has 4 aromatic rings. The Bertz CT molecular complexity index is 1350. The Kier molecular flexibility index (Phi) is 6.38. The summed E-state index contributed by atoms with van der Waals surface area (Å²) in [4.78, 5) is 25.5. The molecule has 1 saturated heterocycles. The Morgan fingerprint density at radius 2 is 2.03 bits per heavy atom. The summed E-state index contributed by atoms with van der Waals surface area (Å²) in [6.07, 6.45) is 3.95. The zero-order valence-corrected chi connectivity index (χ0v) is 20.9. The third kappa shape index (κ3) is 4.71. The maximum absolute atomic E-state index is 11.8. The van der Waals surface area contributed by atoms with E-state index in [9.17, 15) is 4.79 Å². The smallest absolute Gasteiger partial charge is 0.233 e. The minimum atomic E-state index is 0.0472. The molecule has 8 heteroatoms. The number of aromatic nitrogens is 5. The van der Waals surface area contributed by atoms with E-state index < -0.39 is 0 Å². The van der Waals surface area contributed by atoms with Crippen LogP contribution in [0.25, 0.3) is 33.5 Å². The van der Waals surface area contributed by atoms with Crippen molar-refractivity contribution in [3.8, 4) is 22.6 Å². The van der Waals surface area contributed by atoms with E-state index in [4.69, 9.17) is 0 Å². The van der Waals surface area contributed by atoms with Crippen LogP contribution in [-0.4, -0.2) is 62.6 Å². The Morgan fingerprint density at radius 3 is 2.80 bits per heavy atom. The van der Waals surface area contributed by atoms with Gasteiger partial charge < -0.3 is 15.3 Å². The van der Waals surface area contributed by atoms with Crippen molar-refractivity contribution in [3.05, 3.63) is 53.6 Å². The van der Waals surface area contributed by atoms with Gasteiger partial charge in [-0.1, -0.05) is 13.8 Å². The van der Waals surface area contributed by atoms with E-state index in [1.165, 1.54) is 10.9 Å². The number of hydrogen-bond donors (Lipinski definition) is 3. The lowest BCUT2D eigenvalue weighted by molar-refractivity contribution is -0.122. The van der Waals surface area contributed by atoms with Gasteiger partial charge in [0.05, 0.1) is 12.2 Å². The number of aryl methyl sites for hydroxylation is 1. The molecule has 0 radical (unpaired) electrons. The zero-order chi connectivity index (χ0) is 24.5. The van der Waals surface area contributed by atoms with E-state index in [0.717, 1.165) is 65.6 Å². The van der Waals surface area contributed by atoms with Gasteiger partial charge in [-0.2, -0.15) is 0 Å².